The Balaban J connectivity index is 2.24. The number of hydrogen-bond donors (Lipinski definition) is 1. The van der Waals surface area contributed by atoms with Gasteiger partial charge in [0.2, 0.25) is 10.0 Å². The van der Waals surface area contributed by atoms with Crippen molar-refractivity contribution in [3.05, 3.63) is 66.4 Å². The Morgan fingerprint density at radius 2 is 1.64 bits per heavy atom. The summed E-state index contributed by atoms with van der Waals surface area (Å²) < 4.78 is 63.4. The number of rotatable bonds is 3. The first-order valence-corrected chi connectivity index (χ1v) is 8.57. The van der Waals surface area contributed by atoms with E-state index in [1.165, 1.54) is 24.3 Å². The summed E-state index contributed by atoms with van der Waals surface area (Å²) in [5.74, 6) is 0. The van der Waals surface area contributed by atoms with Crippen molar-refractivity contribution in [2.45, 2.75) is 11.1 Å². The fourth-order valence-electron chi connectivity index (χ4n) is 2.32. The van der Waals surface area contributed by atoms with Gasteiger partial charge in [-0.15, -0.1) is 0 Å². The summed E-state index contributed by atoms with van der Waals surface area (Å²) in [7, 11) is -3.98. The average Bonchev–Trinajstić information content (AvgIpc) is 3.00. The van der Waals surface area contributed by atoms with Crippen LogP contribution in [-0.4, -0.2) is 18.2 Å². The van der Waals surface area contributed by atoms with Crippen LogP contribution in [0.1, 0.15) is 5.69 Å². The van der Waals surface area contributed by atoms with Crippen molar-refractivity contribution in [3.8, 4) is 16.9 Å². The number of nitrogens with two attached hydrogens (primary N) is 1. The zero-order valence-corrected chi connectivity index (χ0v) is 13.4. The third-order valence-electron chi connectivity index (χ3n) is 3.46. The highest BCUT2D eigenvalue weighted by Crippen LogP contribution is 2.33. The number of para-hydroxylation sites is 1. The first-order valence-electron chi connectivity index (χ1n) is 7.02. The Hall–Kier alpha value is -2.65. The van der Waals surface area contributed by atoms with Crippen molar-refractivity contribution in [2.24, 2.45) is 5.14 Å². The van der Waals surface area contributed by atoms with Crippen molar-refractivity contribution >= 4 is 10.0 Å². The molecule has 0 radical (unpaired) electrons. The number of aromatic nitrogens is 2. The molecule has 130 valence electrons. The van der Waals surface area contributed by atoms with E-state index in [2.05, 4.69) is 5.10 Å². The molecule has 3 rings (SSSR count). The van der Waals surface area contributed by atoms with Crippen LogP contribution in [-0.2, 0) is 16.2 Å². The van der Waals surface area contributed by atoms with Crippen molar-refractivity contribution in [1.82, 2.24) is 9.78 Å². The summed E-state index contributed by atoms with van der Waals surface area (Å²) in [6.45, 7) is 0. The summed E-state index contributed by atoms with van der Waals surface area (Å²) in [5, 5.41) is 8.73. The van der Waals surface area contributed by atoms with E-state index in [9.17, 15) is 21.6 Å². The first-order chi connectivity index (χ1) is 11.7. The van der Waals surface area contributed by atoms with Gasteiger partial charge in [-0.3, -0.25) is 0 Å². The summed E-state index contributed by atoms with van der Waals surface area (Å²) in [6.07, 6.45) is -4.63. The third-order valence-corrected chi connectivity index (χ3v) is 4.37. The molecule has 5 nitrogen and oxygen atoms in total. The number of primary sulfonamides is 1. The van der Waals surface area contributed by atoms with Gasteiger partial charge in [0, 0.05) is 5.56 Å². The van der Waals surface area contributed by atoms with Crippen LogP contribution in [0.5, 0.6) is 0 Å². The van der Waals surface area contributed by atoms with Crippen molar-refractivity contribution in [1.29, 1.82) is 0 Å². The molecule has 2 N–H and O–H groups in total. The van der Waals surface area contributed by atoms with Crippen LogP contribution in [0.15, 0.2) is 65.6 Å². The van der Waals surface area contributed by atoms with E-state index in [0.29, 0.717) is 5.69 Å². The molecule has 0 atom stereocenters. The second-order valence-corrected chi connectivity index (χ2v) is 6.79. The maximum Gasteiger partial charge on any atom is 0.435 e. The third kappa shape index (κ3) is 3.57. The number of sulfonamides is 1. The molecule has 0 saturated carbocycles. The molecule has 0 unspecified atom stereocenters. The first kappa shape index (κ1) is 17.2. The monoisotopic (exact) mass is 367 g/mol. The predicted octanol–water partition coefficient (Wildman–Crippen LogP) is 3.21. The van der Waals surface area contributed by atoms with Crippen molar-refractivity contribution in [2.75, 3.05) is 0 Å². The fraction of sp³-hybridized carbons (Fsp3) is 0.0625. The second kappa shape index (κ2) is 6.01. The van der Waals surface area contributed by atoms with Gasteiger partial charge in [0.25, 0.3) is 0 Å². The van der Waals surface area contributed by atoms with Gasteiger partial charge in [0.05, 0.1) is 16.3 Å². The van der Waals surface area contributed by atoms with Crippen LogP contribution in [0.4, 0.5) is 13.2 Å². The molecule has 0 bridgehead atoms. The normalized spacial score (nSPS) is 12.3. The molecule has 0 saturated heterocycles. The molecule has 3 aromatic rings. The van der Waals surface area contributed by atoms with Gasteiger partial charge in [0.1, 0.15) is 0 Å². The van der Waals surface area contributed by atoms with Gasteiger partial charge in [0.15, 0.2) is 5.69 Å². The molecule has 0 amide bonds. The molecule has 0 aliphatic rings. The zero-order chi connectivity index (χ0) is 18.2. The molecule has 0 aliphatic carbocycles. The Kier molecular flexibility index (Phi) is 4.13. The maximum atomic E-state index is 13.1. The molecule has 2 aromatic carbocycles. The summed E-state index contributed by atoms with van der Waals surface area (Å²) in [4.78, 5) is -0.195. The lowest BCUT2D eigenvalue weighted by atomic mass is 10.1. The molecule has 0 aliphatic heterocycles. The molecule has 9 heteroatoms. The number of alkyl halides is 3. The predicted molar refractivity (Wildman–Crippen MR) is 85.4 cm³/mol. The van der Waals surface area contributed by atoms with Gasteiger partial charge < -0.3 is 0 Å². The van der Waals surface area contributed by atoms with Crippen LogP contribution < -0.4 is 5.14 Å². The van der Waals surface area contributed by atoms with E-state index in [1.54, 1.807) is 30.3 Å². The number of nitrogens with zero attached hydrogens (tertiary/aromatic N) is 2. The minimum atomic E-state index is -4.63. The lowest BCUT2D eigenvalue weighted by Gasteiger charge is -2.08. The van der Waals surface area contributed by atoms with Gasteiger partial charge in [-0.25, -0.2) is 18.2 Å². The quantitative estimate of drug-likeness (QED) is 0.772. The second-order valence-electron chi connectivity index (χ2n) is 5.23. The lowest BCUT2D eigenvalue weighted by molar-refractivity contribution is -0.141. The molecular weight excluding hydrogens is 355 g/mol. The summed E-state index contributed by atoms with van der Waals surface area (Å²) in [6, 6.07) is 14.5. The smallest absolute Gasteiger partial charge is 0.233 e. The average molecular weight is 367 g/mol. The highest BCUT2D eigenvalue weighted by molar-refractivity contribution is 7.89. The Labute approximate surface area is 141 Å². The van der Waals surface area contributed by atoms with E-state index in [0.717, 1.165) is 10.7 Å². The Bertz CT molecular complexity index is 1010. The van der Waals surface area contributed by atoms with E-state index < -0.39 is 21.9 Å². The molecule has 25 heavy (non-hydrogen) atoms. The van der Waals surface area contributed by atoms with E-state index >= 15 is 0 Å². The Morgan fingerprint density at radius 1 is 0.960 bits per heavy atom. The molecular formula is C16H12F3N3O2S. The van der Waals surface area contributed by atoms with E-state index in [1.807, 2.05) is 0 Å². The fourth-order valence-corrected chi connectivity index (χ4v) is 2.88. The minimum Gasteiger partial charge on any atom is -0.233 e. The largest absolute Gasteiger partial charge is 0.435 e. The van der Waals surface area contributed by atoms with Gasteiger partial charge in [-0.05, 0) is 30.3 Å². The standard InChI is InChI=1S/C16H12F3N3O2S/c17-16(18,19)15-10-14(22(21-15)12-6-2-1-3-7-12)11-5-4-8-13(9-11)25(20,23)24/h1-10H,(H2,20,23,24). The number of hydrogen-bond acceptors (Lipinski definition) is 3. The SMILES string of the molecule is NS(=O)(=O)c1cccc(-c2cc(C(F)(F)F)nn2-c2ccccc2)c1. The topological polar surface area (TPSA) is 78.0 Å². The molecule has 1 aromatic heterocycles. The van der Waals surface area contributed by atoms with Crippen molar-refractivity contribution < 1.29 is 21.6 Å². The summed E-state index contributed by atoms with van der Waals surface area (Å²) >= 11 is 0. The number of benzene rings is 2. The van der Waals surface area contributed by atoms with Gasteiger partial charge >= 0.3 is 6.18 Å². The highest BCUT2D eigenvalue weighted by atomic mass is 32.2. The highest BCUT2D eigenvalue weighted by Gasteiger charge is 2.35. The van der Waals surface area contributed by atoms with E-state index in [-0.39, 0.29) is 16.2 Å². The van der Waals surface area contributed by atoms with Crippen LogP contribution in [0.3, 0.4) is 0 Å². The molecule has 0 fully saturated rings. The van der Waals surface area contributed by atoms with Crippen LogP contribution in [0.25, 0.3) is 16.9 Å². The zero-order valence-electron chi connectivity index (χ0n) is 12.6. The van der Waals surface area contributed by atoms with E-state index in [4.69, 9.17) is 5.14 Å². The van der Waals surface area contributed by atoms with Gasteiger partial charge in [-0.2, -0.15) is 18.3 Å². The summed E-state index contributed by atoms with van der Waals surface area (Å²) in [5.41, 5.74) is -0.316. The van der Waals surface area contributed by atoms with Crippen LogP contribution in [0.2, 0.25) is 0 Å². The Morgan fingerprint density at radius 3 is 2.24 bits per heavy atom. The number of halogens is 3. The van der Waals surface area contributed by atoms with Crippen LogP contribution in [0, 0.1) is 0 Å². The minimum absolute atomic E-state index is 0.101. The molecule has 0 spiro atoms. The molecule has 1 heterocycles. The lowest BCUT2D eigenvalue weighted by Crippen LogP contribution is -2.12. The van der Waals surface area contributed by atoms with Crippen molar-refractivity contribution in [3.63, 3.8) is 0 Å². The van der Waals surface area contributed by atoms with Crippen LogP contribution >= 0.6 is 0 Å². The maximum absolute atomic E-state index is 13.1. The van der Waals surface area contributed by atoms with Gasteiger partial charge in [-0.1, -0.05) is 30.3 Å².